The Bertz CT molecular complexity index is 1340. The van der Waals surface area contributed by atoms with E-state index in [1.54, 1.807) is 43.6 Å². The van der Waals surface area contributed by atoms with Gasteiger partial charge < -0.3 is 13.9 Å². The van der Waals surface area contributed by atoms with Crippen molar-refractivity contribution in [3.8, 4) is 11.5 Å². The molecule has 8 heteroatoms. The number of hydrogen-bond donors (Lipinski definition) is 0. The van der Waals surface area contributed by atoms with Crippen LogP contribution in [0.15, 0.2) is 71.4 Å². The van der Waals surface area contributed by atoms with Crippen molar-refractivity contribution < 1.29 is 18.7 Å². The van der Waals surface area contributed by atoms with E-state index in [2.05, 4.69) is 4.98 Å². The molecule has 0 fully saturated rings. The van der Waals surface area contributed by atoms with Crippen molar-refractivity contribution >= 4 is 43.6 Å². The predicted octanol–water partition coefficient (Wildman–Crippen LogP) is 5.30. The molecule has 3 heterocycles. The molecular formula is C24H19N3O4S. The molecule has 0 bridgehead atoms. The lowest BCUT2D eigenvalue weighted by Crippen LogP contribution is -2.30. The topological polar surface area (TPSA) is 77.7 Å². The van der Waals surface area contributed by atoms with Crippen molar-refractivity contribution in [3.63, 3.8) is 0 Å². The highest BCUT2D eigenvalue weighted by molar-refractivity contribution is 7.22. The van der Waals surface area contributed by atoms with Gasteiger partial charge in [0, 0.05) is 17.8 Å². The van der Waals surface area contributed by atoms with E-state index in [-0.39, 0.29) is 18.2 Å². The molecule has 32 heavy (non-hydrogen) atoms. The molecule has 7 nitrogen and oxygen atoms in total. The van der Waals surface area contributed by atoms with Gasteiger partial charge in [-0.05, 0) is 35.9 Å². The minimum absolute atomic E-state index is 0.244. The molecule has 1 amide bonds. The standard InChI is InChI=1S/C24H19N3O4S/c1-29-18-9-10-19(30-2)22-21(18)26-24(32-22)27(14-15-6-5-11-25-13-15)23(28)20-12-16-7-3-4-8-17(16)31-20/h3-13H,14H2,1-2H3. The molecule has 0 radical (unpaired) electrons. The SMILES string of the molecule is COc1ccc(OC)c2sc(N(Cc3cccnc3)C(=O)c3cc4ccccc4o3)nc12. The molecule has 5 aromatic rings. The van der Waals surface area contributed by atoms with E-state index in [1.165, 1.54) is 11.3 Å². The Labute approximate surface area is 187 Å². The monoisotopic (exact) mass is 445 g/mol. The number of para-hydroxylation sites is 1. The number of anilines is 1. The molecule has 0 saturated heterocycles. The first-order valence-corrected chi connectivity index (χ1v) is 10.7. The first-order chi connectivity index (χ1) is 15.7. The Balaban J connectivity index is 1.63. The second kappa shape index (κ2) is 8.32. The van der Waals surface area contributed by atoms with Crippen molar-refractivity contribution in [3.05, 3.63) is 78.3 Å². The summed E-state index contributed by atoms with van der Waals surface area (Å²) in [5.41, 5.74) is 2.17. The van der Waals surface area contributed by atoms with Crippen LogP contribution in [0.2, 0.25) is 0 Å². The first-order valence-electron chi connectivity index (χ1n) is 9.89. The van der Waals surface area contributed by atoms with Gasteiger partial charge in [-0.15, -0.1) is 0 Å². The number of thiazole rings is 1. The Hall–Kier alpha value is -3.91. The Morgan fingerprint density at radius 1 is 1.06 bits per heavy atom. The van der Waals surface area contributed by atoms with E-state index in [9.17, 15) is 4.79 Å². The van der Waals surface area contributed by atoms with E-state index in [0.29, 0.717) is 27.7 Å². The van der Waals surface area contributed by atoms with Crippen LogP contribution in [0.1, 0.15) is 16.1 Å². The van der Waals surface area contributed by atoms with E-state index < -0.39 is 0 Å². The lowest BCUT2D eigenvalue weighted by Gasteiger charge is -2.18. The zero-order chi connectivity index (χ0) is 22.1. The number of furan rings is 1. The number of nitrogens with zero attached hydrogens (tertiary/aromatic N) is 3. The highest BCUT2D eigenvalue weighted by Crippen LogP contribution is 2.41. The number of rotatable bonds is 6. The summed E-state index contributed by atoms with van der Waals surface area (Å²) in [5.74, 6) is 1.23. The molecule has 5 rings (SSSR count). The zero-order valence-corrected chi connectivity index (χ0v) is 18.3. The predicted molar refractivity (Wildman–Crippen MR) is 124 cm³/mol. The smallest absolute Gasteiger partial charge is 0.296 e. The fraction of sp³-hybridized carbons (Fsp3) is 0.125. The van der Waals surface area contributed by atoms with Crippen LogP contribution in [0, 0.1) is 0 Å². The van der Waals surface area contributed by atoms with Crippen molar-refractivity contribution in [1.82, 2.24) is 9.97 Å². The van der Waals surface area contributed by atoms with Gasteiger partial charge in [0.25, 0.3) is 5.91 Å². The van der Waals surface area contributed by atoms with Gasteiger partial charge in [0.15, 0.2) is 10.9 Å². The number of pyridine rings is 1. The van der Waals surface area contributed by atoms with Gasteiger partial charge in [-0.3, -0.25) is 14.7 Å². The third-order valence-electron chi connectivity index (χ3n) is 5.07. The quantitative estimate of drug-likeness (QED) is 0.353. The molecule has 0 saturated carbocycles. The van der Waals surface area contributed by atoms with Crippen molar-refractivity contribution in [2.45, 2.75) is 6.54 Å². The number of hydrogen-bond acceptors (Lipinski definition) is 7. The Morgan fingerprint density at radius 3 is 2.62 bits per heavy atom. The number of methoxy groups -OCH3 is 2. The number of ether oxygens (including phenoxy) is 2. The van der Waals surface area contributed by atoms with E-state index in [1.807, 2.05) is 42.5 Å². The van der Waals surface area contributed by atoms with Gasteiger partial charge >= 0.3 is 0 Å². The summed E-state index contributed by atoms with van der Waals surface area (Å²) in [6.45, 7) is 0.286. The van der Waals surface area contributed by atoms with Crippen molar-refractivity contribution in [1.29, 1.82) is 0 Å². The summed E-state index contributed by atoms with van der Waals surface area (Å²) >= 11 is 1.36. The molecule has 3 aromatic heterocycles. The maximum absolute atomic E-state index is 13.6. The number of aromatic nitrogens is 2. The first kappa shape index (κ1) is 20.0. The van der Waals surface area contributed by atoms with Crippen LogP contribution < -0.4 is 14.4 Å². The molecule has 0 atom stereocenters. The molecule has 160 valence electrons. The van der Waals surface area contributed by atoms with Gasteiger partial charge in [0.2, 0.25) is 0 Å². The molecule has 2 aromatic carbocycles. The molecular weight excluding hydrogens is 426 g/mol. The van der Waals surface area contributed by atoms with Crippen LogP contribution in [0.25, 0.3) is 21.2 Å². The van der Waals surface area contributed by atoms with E-state index >= 15 is 0 Å². The van der Waals surface area contributed by atoms with Crippen LogP contribution in [0.5, 0.6) is 11.5 Å². The summed E-state index contributed by atoms with van der Waals surface area (Å²) in [6.07, 6.45) is 3.43. The molecule has 0 spiro atoms. The maximum atomic E-state index is 13.6. The normalized spacial score (nSPS) is 11.1. The fourth-order valence-corrected chi connectivity index (χ4v) is 4.58. The highest BCUT2D eigenvalue weighted by atomic mass is 32.1. The van der Waals surface area contributed by atoms with Gasteiger partial charge in [0.1, 0.15) is 27.3 Å². The van der Waals surface area contributed by atoms with Gasteiger partial charge in [-0.2, -0.15) is 0 Å². The van der Waals surface area contributed by atoms with Gasteiger partial charge in [-0.25, -0.2) is 4.98 Å². The van der Waals surface area contributed by atoms with Crippen LogP contribution in [0.3, 0.4) is 0 Å². The molecule has 0 aliphatic heterocycles. The van der Waals surface area contributed by atoms with Crippen LogP contribution in [-0.4, -0.2) is 30.1 Å². The highest BCUT2D eigenvalue weighted by Gasteiger charge is 2.26. The fourth-order valence-electron chi connectivity index (χ4n) is 3.51. The molecule has 0 N–H and O–H groups in total. The number of amides is 1. The Kier molecular flexibility index (Phi) is 5.20. The second-order valence-corrected chi connectivity index (χ2v) is 8.02. The third-order valence-corrected chi connectivity index (χ3v) is 6.17. The Morgan fingerprint density at radius 2 is 1.88 bits per heavy atom. The maximum Gasteiger partial charge on any atom is 0.296 e. The average Bonchev–Trinajstić information content (AvgIpc) is 3.47. The van der Waals surface area contributed by atoms with Crippen LogP contribution in [-0.2, 0) is 6.54 Å². The number of fused-ring (bicyclic) bond motifs is 2. The summed E-state index contributed by atoms with van der Waals surface area (Å²) < 4.78 is 17.6. The average molecular weight is 446 g/mol. The lowest BCUT2D eigenvalue weighted by atomic mass is 10.2. The summed E-state index contributed by atoms with van der Waals surface area (Å²) in [5, 5.41) is 1.38. The summed E-state index contributed by atoms with van der Waals surface area (Å²) in [6, 6.07) is 16.7. The number of carbonyl (C=O) groups is 1. The van der Waals surface area contributed by atoms with Gasteiger partial charge in [0.05, 0.1) is 20.8 Å². The summed E-state index contributed by atoms with van der Waals surface area (Å²) in [7, 11) is 3.20. The third kappa shape index (κ3) is 3.54. The van der Waals surface area contributed by atoms with Crippen molar-refractivity contribution in [2.75, 3.05) is 19.1 Å². The van der Waals surface area contributed by atoms with E-state index in [0.717, 1.165) is 15.6 Å². The second-order valence-electron chi connectivity index (χ2n) is 7.05. The van der Waals surface area contributed by atoms with Crippen LogP contribution in [0.4, 0.5) is 5.13 Å². The molecule has 0 aliphatic rings. The summed E-state index contributed by atoms with van der Waals surface area (Å²) in [4.78, 5) is 24.1. The van der Waals surface area contributed by atoms with Crippen molar-refractivity contribution in [2.24, 2.45) is 0 Å². The molecule has 0 aliphatic carbocycles. The molecule has 0 unspecified atom stereocenters. The minimum Gasteiger partial charge on any atom is -0.495 e. The van der Waals surface area contributed by atoms with Gasteiger partial charge in [-0.1, -0.05) is 35.6 Å². The number of carbonyl (C=O) groups excluding carboxylic acids is 1. The van der Waals surface area contributed by atoms with Crippen LogP contribution >= 0.6 is 11.3 Å². The minimum atomic E-state index is -0.290. The van der Waals surface area contributed by atoms with E-state index in [4.69, 9.17) is 18.9 Å². The zero-order valence-electron chi connectivity index (χ0n) is 17.4. The lowest BCUT2D eigenvalue weighted by molar-refractivity contribution is 0.0960. The largest absolute Gasteiger partial charge is 0.495 e. The number of benzene rings is 2.